The van der Waals surface area contributed by atoms with Gasteiger partial charge in [-0.1, -0.05) is 18.2 Å². The van der Waals surface area contributed by atoms with Crippen LogP contribution in [0.4, 0.5) is 22.0 Å². The molecule has 0 aliphatic heterocycles. The van der Waals surface area contributed by atoms with E-state index >= 15 is 0 Å². The van der Waals surface area contributed by atoms with Crippen molar-refractivity contribution in [1.82, 2.24) is 19.9 Å². The van der Waals surface area contributed by atoms with Gasteiger partial charge in [-0.2, -0.15) is 0 Å². The van der Waals surface area contributed by atoms with E-state index in [9.17, 15) is 9.59 Å². The van der Waals surface area contributed by atoms with E-state index in [4.69, 9.17) is 0 Å². The number of aromatic nitrogens is 4. The second kappa shape index (κ2) is 8.87. The molecule has 0 fully saturated rings. The van der Waals surface area contributed by atoms with Crippen molar-refractivity contribution in [2.24, 2.45) is 0 Å². The zero-order valence-corrected chi connectivity index (χ0v) is 16.6. The summed E-state index contributed by atoms with van der Waals surface area (Å²) in [6, 6.07) is 12.2. The fraction of sp³-hybridized carbons (Fsp3) is 0.0455. The highest BCUT2D eigenvalue weighted by molar-refractivity contribution is 6.00. The predicted molar refractivity (Wildman–Crippen MR) is 120 cm³/mol. The van der Waals surface area contributed by atoms with Crippen LogP contribution in [0.3, 0.4) is 0 Å². The van der Waals surface area contributed by atoms with E-state index in [1.165, 1.54) is 18.6 Å². The van der Waals surface area contributed by atoms with Crippen molar-refractivity contribution in [3.8, 4) is 11.3 Å². The lowest BCUT2D eigenvalue weighted by atomic mass is 10.1. The van der Waals surface area contributed by atoms with Crippen LogP contribution in [0, 0.1) is 0 Å². The molecule has 154 valence electrons. The number of allylic oxidation sites excluding steroid dienone is 1. The summed E-state index contributed by atoms with van der Waals surface area (Å²) in [4.78, 5) is 39.3. The van der Waals surface area contributed by atoms with Crippen molar-refractivity contribution in [2.45, 2.75) is 6.92 Å². The fourth-order valence-electron chi connectivity index (χ4n) is 2.91. The number of hydrogen-bond donors (Lipinski definition) is 4. The first-order valence-corrected chi connectivity index (χ1v) is 9.47. The number of carbonyl (C=O) groups excluding carboxylic acids is 2. The quantitative estimate of drug-likeness (QED) is 0.365. The smallest absolute Gasteiger partial charge is 0.324 e. The number of rotatable bonds is 5. The third kappa shape index (κ3) is 4.91. The van der Waals surface area contributed by atoms with Gasteiger partial charge in [0.15, 0.2) is 0 Å². The minimum Gasteiger partial charge on any atom is -0.339 e. The minimum absolute atomic E-state index is 0.244. The van der Waals surface area contributed by atoms with Gasteiger partial charge < -0.3 is 15.6 Å². The van der Waals surface area contributed by atoms with Gasteiger partial charge in [0, 0.05) is 23.0 Å². The number of aromatic amines is 1. The van der Waals surface area contributed by atoms with Crippen molar-refractivity contribution >= 4 is 40.2 Å². The SMILES string of the molecule is C/C=C/C(=O)Nc1ccc(NC(=O)Nc2ccc(-c3cc4cncnc4[nH]3)cc2)nc1. The number of urea groups is 1. The normalized spacial score (nSPS) is 10.9. The average Bonchev–Trinajstić information content (AvgIpc) is 3.20. The van der Waals surface area contributed by atoms with Crippen LogP contribution in [-0.4, -0.2) is 31.9 Å². The molecule has 1 aromatic carbocycles. The molecule has 3 heterocycles. The van der Waals surface area contributed by atoms with Gasteiger partial charge in [0.2, 0.25) is 5.91 Å². The molecule has 0 bridgehead atoms. The summed E-state index contributed by atoms with van der Waals surface area (Å²) >= 11 is 0. The van der Waals surface area contributed by atoms with E-state index < -0.39 is 6.03 Å². The highest BCUT2D eigenvalue weighted by atomic mass is 16.2. The number of hydrogen-bond acceptors (Lipinski definition) is 5. The first-order valence-electron chi connectivity index (χ1n) is 9.47. The molecule has 0 radical (unpaired) electrons. The van der Waals surface area contributed by atoms with Crippen LogP contribution in [-0.2, 0) is 4.79 Å². The van der Waals surface area contributed by atoms with Gasteiger partial charge in [-0.3, -0.25) is 10.1 Å². The number of anilines is 3. The Balaban J connectivity index is 1.36. The van der Waals surface area contributed by atoms with E-state index in [0.29, 0.717) is 17.2 Å². The van der Waals surface area contributed by atoms with E-state index in [1.54, 1.807) is 43.5 Å². The van der Waals surface area contributed by atoms with Crippen molar-refractivity contribution in [1.29, 1.82) is 0 Å². The van der Waals surface area contributed by atoms with Gasteiger partial charge >= 0.3 is 6.03 Å². The van der Waals surface area contributed by atoms with Crippen LogP contribution in [0.2, 0.25) is 0 Å². The number of fused-ring (bicyclic) bond motifs is 1. The Morgan fingerprint density at radius 1 is 0.935 bits per heavy atom. The second-order valence-corrected chi connectivity index (χ2v) is 6.59. The molecule has 0 saturated heterocycles. The topological polar surface area (TPSA) is 125 Å². The van der Waals surface area contributed by atoms with E-state index in [2.05, 4.69) is 35.9 Å². The Labute approximate surface area is 177 Å². The van der Waals surface area contributed by atoms with Crippen LogP contribution in [0.1, 0.15) is 6.92 Å². The molecule has 4 aromatic rings. The van der Waals surface area contributed by atoms with Crippen LogP contribution in [0.25, 0.3) is 22.3 Å². The monoisotopic (exact) mass is 413 g/mol. The number of nitrogens with zero attached hydrogens (tertiary/aromatic N) is 3. The molecule has 3 amide bonds. The van der Waals surface area contributed by atoms with Gasteiger partial charge in [0.1, 0.15) is 17.8 Å². The number of H-pyrrole nitrogens is 1. The predicted octanol–water partition coefficient (Wildman–Crippen LogP) is 4.18. The lowest BCUT2D eigenvalue weighted by Crippen LogP contribution is -2.20. The summed E-state index contributed by atoms with van der Waals surface area (Å²) in [5, 5.41) is 9.00. The van der Waals surface area contributed by atoms with Crippen LogP contribution < -0.4 is 16.0 Å². The summed E-state index contributed by atoms with van der Waals surface area (Å²) in [5.41, 5.74) is 3.81. The van der Waals surface area contributed by atoms with Crippen LogP contribution in [0.5, 0.6) is 0 Å². The zero-order chi connectivity index (χ0) is 21.6. The zero-order valence-electron chi connectivity index (χ0n) is 16.6. The van der Waals surface area contributed by atoms with Crippen LogP contribution >= 0.6 is 0 Å². The first-order chi connectivity index (χ1) is 15.1. The summed E-state index contributed by atoms with van der Waals surface area (Å²) in [5.74, 6) is 0.115. The van der Waals surface area contributed by atoms with E-state index in [-0.39, 0.29) is 5.91 Å². The maximum atomic E-state index is 12.2. The molecular formula is C22H19N7O2. The lowest BCUT2D eigenvalue weighted by molar-refractivity contribution is -0.111. The molecule has 0 unspecified atom stereocenters. The second-order valence-electron chi connectivity index (χ2n) is 6.59. The Bertz CT molecular complexity index is 1210. The first kappa shape index (κ1) is 19.8. The number of pyridine rings is 1. The maximum Gasteiger partial charge on any atom is 0.324 e. The number of amides is 3. The van der Waals surface area contributed by atoms with E-state index in [1.807, 2.05) is 18.2 Å². The molecule has 9 heteroatoms. The number of carbonyl (C=O) groups is 2. The highest BCUT2D eigenvalue weighted by Gasteiger charge is 2.07. The van der Waals surface area contributed by atoms with Crippen molar-refractivity contribution in [2.75, 3.05) is 16.0 Å². The summed E-state index contributed by atoms with van der Waals surface area (Å²) in [6.07, 6.45) is 7.77. The Kier molecular flexibility index (Phi) is 5.66. The summed E-state index contributed by atoms with van der Waals surface area (Å²) < 4.78 is 0. The molecule has 9 nitrogen and oxygen atoms in total. The molecule has 3 aromatic heterocycles. The molecule has 4 N–H and O–H groups in total. The average molecular weight is 413 g/mol. The molecule has 0 aliphatic rings. The largest absolute Gasteiger partial charge is 0.339 e. The lowest BCUT2D eigenvalue weighted by Gasteiger charge is -2.08. The van der Waals surface area contributed by atoms with Gasteiger partial charge in [-0.05, 0) is 48.9 Å². The molecule has 0 atom stereocenters. The highest BCUT2D eigenvalue weighted by Crippen LogP contribution is 2.24. The molecule has 31 heavy (non-hydrogen) atoms. The standard InChI is InChI=1S/C22H19N7O2/c1-2-3-20(30)26-17-8-9-19(24-12-17)29-22(31)27-16-6-4-14(5-7-16)18-10-15-11-23-13-25-21(15)28-18/h2-13H,1H3,(H,26,30)(H,23,25,28)(H2,24,27,29,31)/b3-2+. The van der Waals surface area contributed by atoms with Crippen LogP contribution in [0.15, 0.2) is 73.3 Å². The summed E-state index contributed by atoms with van der Waals surface area (Å²) in [7, 11) is 0. The molecule has 4 rings (SSSR count). The van der Waals surface area contributed by atoms with Gasteiger partial charge in [-0.25, -0.2) is 19.7 Å². The number of benzene rings is 1. The summed E-state index contributed by atoms with van der Waals surface area (Å²) in [6.45, 7) is 1.76. The van der Waals surface area contributed by atoms with Gasteiger partial charge in [0.05, 0.1) is 11.9 Å². The Morgan fingerprint density at radius 2 is 1.74 bits per heavy atom. The molecule has 0 aliphatic carbocycles. The number of nitrogens with one attached hydrogen (secondary N) is 4. The van der Waals surface area contributed by atoms with Crippen molar-refractivity contribution in [3.63, 3.8) is 0 Å². The minimum atomic E-state index is -0.424. The van der Waals surface area contributed by atoms with Crippen molar-refractivity contribution in [3.05, 3.63) is 73.3 Å². The Hall–Kier alpha value is -4.53. The molecule has 0 saturated carbocycles. The Morgan fingerprint density at radius 3 is 2.45 bits per heavy atom. The maximum absolute atomic E-state index is 12.2. The third-order valence-electron chi connectivity index (χ3n) is 4.34. The molecular weight excluding hydrogens is 394 g/mol. The molecule has 0 spiro atoms. The van der Waals surface area contributed by atoms with Crippen molar-refractivity contribution < 1.29 is 9.59 Å². The third-order valence-corrected chi connectivity index (χ3v) is 4.34. The van der Waals surface area contributed by atoms with Gasteiger partial charge in [0.25, 0.3) is 0 Å². The van der Waals surface area contributed by atoms with Gasteiger partial charge in [-0.15, -0.1) is 0 Å². The fourth-order valence-corrected chi connectivity index (χ4v) is 2.91. The van der Waals surface area contributed by atoms with E-state index in [0.717, 1.165) is 22.3 Å².